The van der Waals surface area contributed by atoms with E-state index in [-0.39, 0.29) is 16.7 Å². The van der Waals surface area contributed by atoms with E-state index in [0.29, 0.717) is 18.2 Å². The van der Waals surface area contributed by atoms with Gasteiger partial charge in [-0.25, -0.2) is 0 Å². The second-order valence-corrected chi connectivity index (χ2v) is 9.58. The highest BCUT2D eigenvalue weighted by molar-refractivity contribution is 6.06. The number of methoxy groups -OCH3 is 2. The van der Waals surface area contributed by atoms with Crippen LogP contribution in [0.4, 0.5) is 0 Å². The third kappa shape index (κ3) is 3.33. The van der Waals surface area contributed by atoms with E-state index < -0.39 is 6.10 Å². The molecule has 3 atom stereocenters. The molecule has 1 saturated carbocycles. The van der Waals surface area contributed by atoms with Gasteiger partial charge in [0, 0.05) is 24.6 Å². The van der Waals surface area contributed by atoms with Crippen molar-refractivity contribution in [2.45, 2.75) is 58.6 Å². The molecular formula is C22H30N2O4. The van der Waals surface area contributed by atoms with Crippen molar-refractivity contribution in [1.82, 2.24) is 4.90 Å². The van der Waals surface area contributed by atoms with Crippen molar-refractivity contribution in [2.24, 2.45) is 16.0 Å². The molecule has 4 rings (SSSR count). The number of hydrogen-bond donors (Lipinski definition) is 0. The van der Waals surface area contributed by atoms with Gasteiger partial charge in [-0.05, 0) is 48.3 Å². The van der Waals surface area contributed by atoms with Crippen LogP contribution in [-0.4, -0.2) is 49.4 Å². The Kier molecular flexibility index (Phi) is 4.55. The molecule has 0 spiro atoms. The summed E-state index contributed by atoms with van der Waals surface area (Å²) < 4.78 is 10.8. The Balaban J connectivity index is 1.50. The number of rotatable bonds is 4. The van der Waals surface area contributed by atoms with E-state index >= 15 is 0 Å². The van der Waals surface area contributed by atoms with E-state index in [1.807, 2.05) is 18.2 Å². The quantitative estimate of drug-likeness (QED) is 0.793. The van der Waals surface area contributed by atoms with E-state index in [1.165, 1.54) is 0 Å². The number of nitrogens with zero attached hydrogens (tertiary/aromatic N) is 2. The molecular weight excluding hydrogens is 356 g/mol. The summed E-state index contributed by atoms with van der Waals surface area (Å²) in [5.41, 5.74) is 2.02. The summed E-state index contributed by atoms with van der Waals surface area (Å²) in [7, 11) is 3.25. The Bertz CT molecular complexity index is 819. The maximum absolute atomic E-state index is 13.3. The van der Waals surface area contributed by atoms with E-state index in [0.717, 1.165) is 42.8 Å². The Morgan fingerprint density at radius 3 is 2.71 bits per heavy atom. The minimum absolute atomic E-state index is 0.0621. The fourth-order valence-corrected chi connectivity index (χ4v) is 5.61. The van der Waals surface area contributed by atoms with Crippen LogP contribution in [-0.2, 0) is 9.63 Å². The van der Waals surface area contributed by atoms with Crippen LogP contribution in [0.3, 0.4) is 0 Å². The summed E-state index contributed by atoms with van der Waals surface area (Å²) in [5, 5.41) is 4.23. The van der Waals surface area contributed by atoms with Crippen molar-refractivity contribution >= 4 is 11.6 Å². The number of benzene rings is 1. The summed E-state index contributed by atoms with van der Waals surface area (Å²) >= 11 is 0. The second-order valence-electron chi connectivity index (χ2n) is 9.58. The van der Waals surface area contributed by atoms with E-state index in [4.69, 9.17) is 14.3 Å². The van der Waals surface area contributed by atoms with Gasteiger partial charge in [0.05, 0.1) is 19.9 Å². The lowest BCUT2D eigenvalue weighted by molar-refractivity contribution is -0.143. The molecule has 1 aromatic carbocycles. The predicted octanol–water partition coefficient (Wildman–Crippen LogP) is 3.62. The predicted molar refractivity (Wildman–Crippen MR) is 107 cm³/mol. The van der Waals surface area contributed by atoms with Crippen molar-refractivity contribution < 1.29 is 19.1 Å². The van der Waals surface area contributed by atoms with Gasteiger partial charge in [-0.15, -0.1) is 0 Å². The third-order valence-electron chi connectivity index (χ3n) is 6.36. The first-order valence-electron chi connectivity index (χ1n) is 9.99. The first-order chi connectivity index (χ1) is 13.2. The lowest BCUT2D eigenvalue weighted by atomic mass is 9.65. The van der Waals surface area contributed by atoms with E-state index in [9.17, 15) is 4.79 Å². The molecule has 0 N–H and O–H groups in total. The molecule has 6 nitrogen and oxygen atoms in total. The number of hydrogen-bond acceptors (Lipinski definition) is 5. The Morgan fingerprint density at radius 1 is 1.21 bits per heavy atom. The number of likely N-dealkylation sites (tertiary alicyclic amines) is 1. The van der Waals surface area contributed by atoms with Crippen LogP contribution in [0, 0.1) is 10.8 Å². The van der Waals surface area contributed by atoms with Crippen molar-refractivity contribution in [3.8, 4) is 11.5 Å². The number of fused-ring (bicyclic) bond motifs is 2. The van der Waals surface area contributed by atoms with Crippen molar-refractivity contribution in [2.75, 3.05) is 20.8 Å². The minimum Gasteiger partial charge on any atom is -0.497 e. The molecule has 3 aliphatic rings. The first-order valence-corrected chi connectivity index (χ1v) is 9.99. The standard InChI is InChI=1S/C22H30N2O4/c1-21(2)10-14-11-22(3,12-21)13-24(14)20(25)19-9-17(23-28-19)16-8-15(26-4)6-7-18(16)27-5/h6-8,14,19H,9-13H2,1-5H3/t14-,19-,22+/m1/s1. The minimum atomic E-state index is -0.558. The topological polar surface area (TPSA) is 60.4 Å². The molecule has 28 heavy (non-hydrogen) atoms. The van der Waals surface area contributed by atoms with Gasteiger partial charge < -0.3 is 19.2 Å². The van der Waals surface area contributed by atoms with Crippen LogP contribution in [0.15, 0.2) is 23.4 Å². The lowest BCUT2D eigenvalue weighted by Crippen LogP contribution is -2.43. The number of carbonyl (C=O) groups is 1. The number of oxime groups is 1. The van der Waals surface area contributed by atoms with Crippen molar-refractivity contribution in [1.29, 1.82) is 0 Å². The molecule has 0 aromatic heterocycles. The Hall–Kier alpha value is -2.24. The molecule has 0 unspecified atom stereocenters. The molecule has 152 valence electrons. The monoisotopic (exact) mass is 386 g/mol. The summed E-state index contributed by atoms with van der Waals surface area (Å²) in [6.07, 6.45) is 3.20. The molecule has 1 amide bonds. The molecule has 6 heteroatoms. The molecule has 2 fully saturated rings. The zero-order valence-corrected chi connectivity index (χ0v) is 17.4. The average molecular weight is 386 g/mol. The molecule has 2 heterocycles. The van der Waals surface area contributed by atoms with Crippen molar-refractivity contribution in [3.05, 3.63) is 23.8 Å². The maximum Gasteiger partial charge on any atom is 0.267 e. The van der Waals surface area contributed by atoms with Crippen LogP contribution in [0.5, 0.6) is 11.5 Å². The van der Waals surface area contributed by atoms with Gasteiger partial charge in [-0.3, -0.25) is 4.79 Å². The largest absolute Gasteiger partial charge is 0.497 e. The Labute approximate surface area is 166 Å². The normalized spacial score (nSPS) is 30.6. The van der Waals surface area contributed by atoms with Crippen LogP contribution >= 0.6 is 0 Å². The fraction of sp³-hybridized carbons (Fsp3) is 0.636. The molecule has 2 bridgehead atoms. The van der Waals surface area contributed by atoms with Gasteiger partial charge in [-0.1, -0.05) is 25.9 Å². The maximum atomic E-state index is 13.3. The zero-order chi connectivity index (χ0) is 20.1. The van der Waals surface area contributed by atoms with Gasteiger partial charge >= 0.3 is 0 Å². The summed E-state index contributed by atoms with van der Waals surface area (Å²) in [6.45, 7) is 7.76. The molecule has 1 aliphatic carbocycles. The molecule has 0 radical (unpaired) electrons. The van der Waals surface area contributed by atoms with Crippen molar-refractivity contribution in [3.63, 3.8) is 0 Å². The van der Waals surface area contributed by atoms with Gasteiger partial charge in [0.25, 0.3) is 5.91 Å². The van der Waals surface area contributed by atoms with Gasteiger partial charge in [0.1, 0.15) is 11.5 Å². The van der Waals surface area contributed by atoms with E-state index in [2.05, 4.69) is 30.8 Å². The summed E-state index contributed by atoms with van der Waals surface area (Å²) in [6, 6.07) is 5.87. The zero-order valence-electron chi connectivity index (χ0n) is 17.4. The Morgan fingerprint density at radius 2 is 2.00 bits per heavy atom. The molecule has 1 aromatic rings. The molecule has 1 saturated heterocycles. The van der Waals surface area contributed by atoms with Gasteiger partial charge in [0.2, 0.25) is 6.10 Å². The summed E-state index contributed by atoms with van der Waals surface area (Å²) in [5.74, 6) is 1.48. The smallest absolute Gasteiger partial charge is 0.267 e. The average Bonchev–Trinajstić information content (AvgIpc) is 3.22. The highest BCUT2D eigenvalue weighted by atomic mass is 16.6. The number of amides is 1. The highest BCUT2D eigenvalue weighted by Crippen LogP contribution is 2.52. The highest BCUT2D eigenvalue weighted by Gasteiger charge is 2.52. The number of ether oxygens (including phenoxy) is 2. The van der Waals surface area contributed by atoms with Gasteiger partial charge in [-0.2, -0.15) is 0 Å². The van der Waals surface area contributed by atoms with Crippen LogP contribution in [0.2, 0.25) is 0 Å². The second kappa shape index (κ2) is 6.68. The van der Waals surface area contributed by atoms with Crippen LogP contribution in [0.25, 0.3) is 0 Å². The lowest BCUT2D eigenvalue weighted by Gasteiger charge is -2.39. The molecule has 2 aliphatic heterocycles. The van der Waals surface area contributed by atoms with Gasteiger partial charge in [0.15, 0.2) is 0 Å². The van der Waals surface area contributed by atoms with Crippen LogP contribution < -0.4 is 9.47 Å². The third-order valence-corrected chi connectivity index (χ3v) is 6.36. The SMILES string of the molecule is COc1ccc(OC)c(C2=NO[C@@H](C(=O)N3C[C@@]4(C)C[C@H]3CC(C)(C)C4)C2)c1. The summed E-state index contributed by atoms with van der Waals surface area (Å²) in [4.78, 5) is 20.9. The first kappa shape index (κ1) is 19.1. The van der Waals surface area contributed by atoms with E-state index in [1.54, 1.807) is 14.2 Å². The van der Waals surface area contributed by atoms with Crippen LogP contribution in [0.1, 0.15) is 52.0 Å². The fourth-order valence-electron chi connectivity index (χ4n) is 5.61. The number of carbonyl (C=O) groups excluding carboxylic acids is 1.